The Kier molecular flexibility index (Phi) is 5.78. The number of aryl methyl sites for hydroxylation is 1. The quantitative estimate of drug-likeness (QED) is 0.829. The molecule has 0 amide bonds. The highest BCUT2D eigenvalue weighted by Crippen LogP contribution is 2.19. The first-order valence-corrected chi connectivity index (χ1v) is 8.99. The SMILES string of the molecule is Cc1cccc(CN2CCN(Cc3oc(CCl)cc(=O)c3O)CC2)c1. The molecule has 0 atom stereocenters. The van der Waals surface area contributed by atoms with Crippen LogP contribution in [-0.2, 0) is 19.0 Å². The molecule has 1 aliphatic rings. The monoisotopic (exact) mass is 362 g/mol. The Bertz CT molecular complexity index is 782. The second-order valence-corrected chi connectivity index (χ2v) is 6.79. The number of hydrogen-bond donors (Lipinski definition) is 1. The summed E-state index contributed by atoms with van der Waals surface area (Å²) in [6.07, 6.45) is 0. The largest absolute Gasteiger partial charge is 0.502 e. The van der Waals surface area contributed by atoms with Gasteiger partial charge in [-0.3, -0.25) is 14.6 Å². The number of halogens is 1. The molecule has 1 N–H and O–H groups in total. The number of alkyl halides is 1. The lowest BCUT2D eigenvalue weighted by atomic mass is 10.1. The van der Waals surface area contributed by atoms with E-state index in [1.54, 1.807) is 0 Å². The van der Waals surface area contributed by atoms with Crippen LogP contribution in [0.2, 0.25) is 0 Å². The van der Waals surface area contributed by atoms with Crippen molar-refractivity contribution in [2.24, 2.45) is 0 Å². The maximum atomic E-state index is 11.7. The summed E-state index contributed by atoms with van der Waals surface area (Å²) in [4.78, 5) is 16.3. The molecule has 1 aliphatic heterocycles. The van der Waals surface area contributed by atoms with Crippen LogP contribution in [0, 0.1) is 6.92 Å². The lowest BCUT2D eigenvalue weighted by Crippen LogP contribution is -2.45. The van der Waals surface area contributed by atoms with E-state index < -0.39 is 5.43 Å². The van der Waals surface area contributed by atoms with Gasteiger partial charge in [0.05, 0.1) is 12.4 Å². The maximum absolute atomic E-state index is 11.7. The fourth-order valence-corrected chi connectivity index (χ4v) is 3.27. The molecule has 0 spiro atoms. The summed E-state index contributed by atoms with van der Waals surface area (Å²) in [5.41, 5.74) is 2.17. The zero-order valence-electron chi connectivity index (χ0n) is 14.4. The summed E-state index contributed by atoms with van der Waals surface area (Å²) in [5, 5.41) is 9.93. The van der Waals surface area contributed by atoms with Gasteiger partial charge in [0.25, 0.3) is 0 Å². The zero-order valence-corrected chi connectivity index (χ0v) is 15.1. The predicted molar refractivity (Wildman–Crippen MR) is 97.9 cm³/mol. The standard InChI is InChI=1S/C19H23ClN2O3/c1-14-3-2-4-15(9-14)12-21-5-7-22(8-6-21)13-18-19(24)17(23)10-16(11-20)25-18/h2-4,9-10,24H,5-8,11-13H2,1H3. The summed E-state index contributed by atoms with van der Waals surface area (Å²) in [6, 6.07) is 9.82. The maximum Gasteiger partial charge on any atom is 0.227 e. The molecule has 0 saturated carbocycles. The molecule has 3 rings (SSSR count). The van der Waals surface area contributed by atoms with Crippen molar-refractivity contribution in [1.82, 2.24) is 9.80 Å². The Balaban J connectivity index is 1.58. The van der Waals surface area contributed by atoms with Crippen LogP contribution in [0.5, 0.6) is 5.75 Å². The third kappa shape index (κ3) is 4.63. The van der Waals surface area contributed by atoms with Gasteiger partial charge in [0.1, 0.15) is 5.76 Å². The van der Waals surface area contributed by atoms with E-state index in [1.807, 2.05) is 0 Å². The van der Waals surface area contributed by atoms with Crippen molar-refractivity contribution < 1.29 is 9.52 Å². The molecular formula is C19H23ClN2O3. The summed E-state index contributed by atoms with van der Waals surface area (Å²) in [6.45, 7) is 7.07. The van der Waals surface area contributed by atoms with E-state index in [-0.39, 0.29) is 11.6 Å². The summed E-state index contributed by atoms with van der Waals surface area (Å²) >= 11 is 5.74. The molecule has 1 fully saturated rings. The van der Waals surface area contributed by atoms with Crippen molar-refractivity contribution in [3.05, 3.63) is 63.2 Å². The van der Waals surface area contributed by atoms with Gasteiger partial charge in [-0.25, -0.2) is 0 Å². The van der Waals surface area contributed by atoms with Gasteiger partial charge in [-0.15, -0.1) is 11.6 Å². The highest BCUT2D eigenvalue weighted by Gasteiger charge is 2.20. The first kappa shape index (κ1) is 18.0. The van der Waals surface area contributed by atoms with E-state index in [9.17, 15) is 9.90 Å². The molecular weight excluding hydrogens is 340 g/mol. The van der Waals surface area contributed by atoms with Crippen molar-refractivity contribution >= 4 is 11.6 Å². The third-order valence-electron chi connectivity index (χ3n) is 4.50. The number of aromatic hydroxyl groups is 1. The first-order valence-electron chi connectivity index (χ1n) is 8.46. The molecule has 134 valence electrons. The Morgan fingerprint density at radius 1 is 1.12 bits per heavy atom. The van der Waals surface area contributed by atoms with E-state index in [2.05, 4.69) is 41.0 Å². The Hall–Kier alpha value is -1.82. The Labute approximate surface area is 152 Å². The fraction of sp³-hybridized carbons (Fsp3) is 0.421. The summed E-state index contributed by atoms with van der Waals surface area (Å²) < 4.78 is 5.54. The molecule has 1 saturated heterocycles. The first-order chi connectivity index (χ1) is 12.0. The summed E-state index contributed by atoms with van der Waals surface area (Å²) in [5.74, 6) is 0.496. The van der Waals surface area contributed by atoms with Crippen LogP contribution in [0.4, 0.5) is 0 Å². The lowest BCUT2D eigenvalue weighted by Gasteiger charge is -2.34. The van der Waals surface area contributed by atoms with Crippen molar-refractivity contribution in [3.63, 3.8) is 0 Å². The minimum Gasteiger partial charge on any atom is -0.502 e. The number of piperazine rings is 1. The molecule has 0 bridgehead atoms. The van der Waals surface area contributed by atoms with Gasteiger partial charge in [0.15, 0.2) is 5.76 Å². The van der Waals surface area contributed by atoms with Crippen molar-refractivity contribution in [2.45, 2.75) is 25.9 Å². The van der Waals surface area contributed by atoms with Crippen LogP contribution in [0.3, 0.4) is 0 Å². The molecule has 2 aromatic rings. The van der Waals surface area contributed by atoms with Crippen LogP contribution in [0.1, 0.15) is 22.6 Å². The van der Waals surface area contributed by atoms with Gasteiger partial charge in [0, 0.05) is 38.8 Å². The number of hydrogen-bond acceptors (Lipinski definition) is 5. The van der Waals surface area contributed by atoms with E-state index >= 15 is 0 Å². The van der Waals surface area contributed by atoms with Gasteiger partial charge < -0.3 is 9.52 Å². The van der Waals surface area contributed by atoms with Gasteiger partial charge in [-0.2, -0.15) is 0 Å². The van der Waals surface area contributed by atoms with Crippen LogP contribution in [-0.4, -0.2) is 41.1 Å². The molecule has 6 heteroatoms. The Morgan fingerprint density at radius 3 is 2.44 bits per heavy atom. The average Bonchev–Trinajstić information content (AvgIpc) is 2.60. The van der Waals surface area contributed by atoms with E-state index in [4.69, 9.17) is 16.0 Å². The molecule has 1 aromatic heterocycles. The highest BCUT2D eigenvalue weighted by atomic mass is 35.5. The average molecular weight is 363 g/mol. The molecule has 5 nitrogen and oxygen atoms in total. The Morgan fingerprint density at radius 2 is 1.80 bits per heavy atom. The van der Waals surface area contributed by atoms with Gasteiger partial charge in [-0.05, 0) is 12.5 Å². The molecule has 0 aliphatic carbocycles. The minimum atomic E-state index is -0.435. The highest BCUT2D eigenvalue weighted by molar-refractivity contribution is 6.16. The molecule has 2 heterocycles. The molecule has 1 aromatic carbocycles. The molecule has 0 unspecified atom stereocenters. The van der Waals surface area contributed by atoms with Crippen LogP contribution >= 0.6 is 11.6 Å². The van der Waals surface area contributed by atoms with Crippen LogP contribution in [0.25, 0.3) is 0 Å². The van der Waals surface area contributed by atoms with Crippen molar-refractivity contribution in [2.75, 3.05) is 26.2 Å². The van der Waals surface area contributed by atoms with Gasteiger partial charge in [-0.1, -0.05) is 29.8 Å². The van der Waals surface area contributed by atoms with Crippen molar-refractivity contribution in [3.8, 4) is 5.75 Å². The number of benzene rings is 1. The lowest BCUT2D eigenvalue weighted by molar-refractivity contribution is 0.113. The minimum absolute atomic E-state index is 0.118. The number of nitrogens with zero attached hydrogens (tertiary/aromatic N) is 2. The second kappa shape index (κ2) is 8.04. The van der Waals surface area contributed by atoms with Crippen LogP contribution in [0.15, 0.2) is 39.5 Å². The zero-order chi connectivity index (χ0) is 17.8. The number of rotatable bonds is 5. The van der Waals surface area contributed by atoms with Gasteiger partial charge >= 0.3 is 0 Å². The normalized spacial score (nSPS) is 16.2. The third-order valence-corrected chi connectivity index (χ3v) is 4.76. The van der Waals surface area contributed by atoms with Gasteiger partial charge in [0.2, 0.25) is 11.2 Å². The summed E-state index contributed by atoms with van der Waals surface area (Å²) in [7, 11) is 0. The van der Waals surface area contributed by atoms with Crippen LogP contribution < -0.4 is 5.43 Å². The fourth-order valence-electron chi connectivity index (χ4n) is 3.14. The smallest absolute Gasteiger partial charge is 0.227 e. The molecule has 0 radical (unpaired) electrons. The van der Waals surface area contributed by atoms with E-state index in [0.717, 1.165) is 32.7 Å². The second-order valence-electron chi connectivity index (χ2n) is 6.52. The predicted octanol–water partition coefficient (Wildman–Crippen LogP) is 2.71. The van der Waals surface area contributed by atoms with Crippen molar-refractivity contribution in [1.29, 1.82) is 0 Å². The van der Waals surface area contributed by atoms with E-state index in [0.29, 0.717) is 18.1 Å². The topological polar surface area (TPSA) is 56.9 Å². The molecule has 25 heavy (non-hydrogen) atoms. The van der Waals surface area contributed by atoms with E-state index in [1.165, 1.54) is 17.2 Å².